The zero-order chi connectivity index (χ0) is 24.5. The van der Waals surface area contributed by atoms with Crippen LogP contribution in [0.2, 0.25) is 0 Å². The van der Waals surface area contributed by atoms with Crippen LogP contribution in [0.4, 0.5) is 30.8 Å². The van der Waals surface area contributed by atoms with Crippen molar-refractivity contribution in [1.82, 2.24) is 19.5 Å². The fourth-order valence-electron chi connectivity index (χ4n) is 4.29. The zero-order valence-corrected chi connectivity index (χ0v) is 19.8. The maximum absolute atomic E-state index is 13.0. The lowest BCUT2D eigenvalue weighted by Gasteiger charge is -2.30. The molecule has 0 bridgehead atoms. The molecule has 1 saturated carbocycles. The molecule has 0 radical (unpaired) electrons. The van der Waals surface area contributed by atoms with Crippen molar-refractivity contribution >= 4 is 28.7 Å². The Bertz CT molecular complexity index is 1110. The number of aromatic nitrogens is 4. The molecule has 0 amide bonds. The van der Waals surface area contributed by atoms with Crippen molar-refractivity contribution in [2.24, 2.45) is 11.7 Å². The quantitative estimate of drug-likeness (QED) is 0.395. The number of nitrogens with two attached hydrogens (primary N) is 1. The van der Waals surface area contributed by atoms with Crippen LogP contribution in [0.5, 0.6) is 0 Å². The molecule has 0 unspecified atom stereocenters. The Balaban J connectivity index is 1.71. The highest BCUT2D eigenvalue weighted by atomic mass is 19.4. The second-order valence-electron chi connectivity index (χ2n) is 9.68. The number of rotatable bonds is 7. The lowest BCUT2D eigenvalue weighted by Crippen LogP contribution is -2.30. The lowest BCUT2D eigenvalue weighted by molar-refractivity contribution is -0.137. The zero-order valence-electron chi connectivity index (χ0n) is 19.8. The normalized spacial score (nSPS) is 19.4. The van der Waals surface area contributed by atoms with E-state index in [4.69, 9.17) is 15.7 Å². The van der Waals surface area contributed by atoms with Gasteiger partial charge in [0.2, 0.25) is 11.9 Å². The number of nitrogens with one attached hydrogen (secondary N) is 2. The lowest BCUT2D eigenvalue weighted by atomic mass is 9.86. The van der Waals surface area contributed by atoms with Gasteiger partial charge in [-0.2, -0.15) is 18.2 Å². The molecule has 0 atom stereocenters. The number of fused-ring (bicyclic) bond motifs is 1. The van der Waals surface area contributed by atoms with Crippen LogP contribution in [0.3, 0.4) is 0 Å². The molecule has 2 heterocycles. The molecular weight excluding hydrogens is 443 g/mol. The van der Waals surface area contributed by atoms with E-state index in [1.807, 2.05) is 0 Å². The molecule has 1 aromatic carbocycles. The molecule has 184 valence electrons. The molecule has 0 aliphatic heterocycles. The van der Waals surface area contributed by atoms with Gasteiger partial charge in [-0.25, -0.2) is 9.97 Å². The average molecular weight is 476 g/mol. The number of hydrogen-bond acceptors (Lipinski definition) is 6. The second-order valence-corrected chi connectivity index (χ2v) is 9.68. The predicted octanol–water partition coefficient (Wildman–Crippen LogP) is 5.88. The van der Waals surface area contributed by atoms with E-state index in [0.717, 1.165) is 44.2 Å². The minimum absolute atomic E-state index is 0.159. The molecule has 3 aromatic rings. The third kappa shape index (κ3) is 5.27. The monoisotopic (exact) mass is 475 g/mol. The fourth-order valence-corrected chi connectivity index (χ4v) is 4.29. The summed E-state index contributed by atoms with van der Waals surface area (Å²) >= 11 is 0. The summed E-state index contributed by atoms with van der Waals surface area (Å²) in [5.74, 6) is 1.58. The van der Waals surface area contributed by atoms with Crippen LogP contribution in [0.1, 0.15) is 64.5 Å². The summed E-state index contributed by atoms with van der Waals surface area (Å²) in [4.78, 5) is 13.9. The molecule has 34 heavy (non-hydrogen) atoms. The van der Waals surface area contributed by atoms with Gasteiger partial charge in [0.15, 0.2) is 5.65 Å². The van der Waals surface area contributed by atoms with Crippen molar-refractivity contribution in [1.29, 1.82) is 0 Å². The van der Waals surface area contributed by atoms with E-state index in [9.17, 15) is 13.2 Å². The molecule has 2 aromatic heterocycles. The van der Waals surface area contributed by atoms with Gasteiger partial charge in [-0.05, 0) is 82.7 Å². The molecule has 1 aliphatic carbocycles. The standard InChI is InChI=1S/C24H32F3N7/c1-4-23(2,3)33-21-29-14-19-20(32-21)34(18-11-5-15(13-28)6-12-18)22(31-19)30-17-9-7-16(8-10-17)24(25,26)27/h7-10,14-15,18H,4-6,11-13,28H2,1-3H3,(H,30,31)(H,29,32,33)/t15-,18-. The first-order chi connectivity index (χ1) is 16.1. The third-order valence-electron chi connectivity index (χ3n) is 6.75. The Hall–Kier alpha value is -2.88. The van der Waals surface area contributed by atoms with Gasteiger partial charge in [-0.3, -0.25) is 4.57 Å². The molecule has 4 rings (SSSR count). The number of nitrogens with zero attached hydrogens (tertiary/aromatic N) is 4. The molecule has 0 spiro atoms. The smallest absolute Gasteiger partial charge is 0.349 e. The summed E-state index contributed by atoms with van der Waals surface area (Å²) in [6.45, 7) is 6.95. The molecule has 1 aliphatic rings. The highest BCUT2D eigenvalue weighted by Gasteiger charge is 2.30. The van der Waals surface area contributed by atoms with Crippen molar-refractivity contribution in [3.8, 4) is 0 Å². The largest absolute Gasteiger partial charge is 0.416 e. The number of benzene rings is 1. The number of halogens is 3. The van der Waals surface area contributed by atoms with E-state index in [-0.39, 0.29) is 11.6 Å². The van der Waals surface area contributed by atoms with Gasteiger partial charge < -0.3 is 16.4 Å². The maximum Gasteiger partial charge on any atom is 0.416 e. The van der Waals surface area contributed by atoms with E-state index < -0.39 is 11.7 Å². The van der Waals surface area contributed by atoms with Gasteiger partial charge in [0.05, 0.1) is 11.8 Å². The van der Waals surface area contributed by atoms with Gasteiger partial charge in [0.1, 0.15) is 5.52 Å². The van der Waals surface area contributed by atoms with Gasteiger partial charge in [0.25, 0.3) is 0 Å². The van der Waals surface area contributed by atoms with Crippen LogP contribution in [0, 0.1) is 5.92 Å². The van der Waals surface area contributed by atoms with Crippen LogP contribution in [0.25, 0.3) is 11.2 Å². The first-order valence-corrected chi connectivity index (χ1v) is 11.8. The Morgan fingerprint density at radius 3 is 2.32 bits per heavy atom. The van der Waals surface area contributed by atoms with Gasteiger partial charge in [-0.15, -0.1) is 0 Å². The third-order valence-corrected chi connectivity index (χ3v) is 6.75. The minimum Gasteiger partial charge on any atom is -0.349 e. The van der Waals surface area contributed by atoms with Crippen LogP contribution in [-0.4, -0.2) is 31.6 Å². The summed E-state index contributed by atoms with van der Waals surface area (Å²) in [5, 5.41) is 6.59. The predicted molar refractivity (Wildman–Crippen MR) is 128 cm³/mol. The Kier molecular flexibility index (Phi) is 6.71. The van der Waals surface area contributed by atoms with E-state index >= 15 is 0 Å². The fraction of sp³-hybridized carbons (Fsp3) is 0.542. The van der Waals surface area contributed by atoms with E-state index in [2.05, 4.69) is 41.0 Å². The Morgan fingerprint density at radius 1 is 1.06 bits per heavy atom. The van der Waals surface area contributed by atoms with E-state index in [0.29, 0.717) is 41.2 Å². The number of alkyl halides is 3. The van der Waals surface area contributed by atoms with Crippen LogP contribution in [0.15, 0.2) is 30.5 Å². The number of hydrogen-bond donors (Lipinski definition) is 3. The van der Waals surface area contributed by atoms with E-state index in [1.54, 1.807) is 6.20 Å². The highest BCUT2D eigenvalue weighted by molar-refractivity contribution is 5.76. The summed E-state index contributed by atoms with van der Waals surface area (Å²) in [7, 11) is 0. The molecular formula is C24H32F3N7. The van der Waals surface area contributed by atoms with Crippen LogP contribution in [-0.2, 0) is 6.18 Å². The Labute approximate surface area is 197 Å². The van der Waals surface area contributed by atoms with Crippen molar-refractivity contribution in [3.63, 3.8) is 0 Å². The topological polar surface area (TPSA) is 93.7 Å². The van der Waals surface area contributed by atoms with Crippen molar-refractivity contribution in [3.05, 3.63) is 36.0 Å². The molecule has 7 nitrogen and oxygen atoms in total. The summed E-state index contributed by atoms with van der Waals surface area (Å²) in [6.07, 6.45) is 2.11. The molecule has 4 N–H and O–H groups in total. The SMILES string of the molecule is CCC(C)(C)Nc1ncc2nc(Nc3ccc(C(F)(F)F)cc3)n([C@H]3CC[C@H](CN)CC3)c2n1. The first kappa shape index (κ1) is 24.3. The van der Waals surface area contributed by atoms with Crippen LogP contribution >= 0.6 is 0 Å². The van der Waals surface area contributed by atoms with Crippen molar-refractivity contribution in [2.75, 3.05) is 17.2 Å². The molecule has 0 saturated heterocycles. The number of anilines is 3. The first-order valence-electron chi connectivity index (χ1n) is 11.8. The summed E-state index contributed by atoms with van der Waals surface area (Å²) in [6, 6.07) is 5.12. The summed E-state index contributed by atoms with van der Waals surface area (Å²) < 4.78 is 41.0. The maximum atomic E-state index is 13.0. The van der Waals surface area contributed by atoms with Crippen molar-refractivity contribution < 1.29 is 13.2 Å². The molecule has 1 fully saturated rings. The second kappa shape index (κ2) is 9.40. The van der Waals surface area contributed by atoms with Gasteiger partial charge >= 0.3 is 6.18 Å². The van der Waals surface area contributed by atoms with Gasteiger partial charge in [0, 0.05) is 17.3 Å². The average Bonchev–Trinajstić information content (AvgIpc) is 3.15. The minimum atomic E-state index is -4.38. The van der Waals surface area contributed by atoms with Crippen molar-refractivity contribution in [2.45, 2.75) is 70.6 Å². The molecule has 10 heteroatoms. The van der Waals surface area contributed by atoms with Crippen LogP contribution < -0.4 is 16.4 Å². The van der Waals surface area contributed by atoms with E-state index in [1.165, 1.54) is 12.1 Å². The summed E-state index contributed by atoms with van der Waals surface area (Å²) in [5.41, 5.74) is 6.89. The highest BCUT2D eigenvalue weighted by Crippen LogP contribution is 2.37. The Morgan fingerprint density at radius 2 is 1.74 bits per heavy atom. The van der Waals surface area contributed by atoms with Gasteiger partial charge in [-0.1, -0.05) is 6.92 Å². The number of imidazole rings is 1.